The minimum Gasteiger partial charge on any atom is -0.465 e. The Morgan fingerprint density at radius 1 is 0.897 bits per heavy atom. The Morgan fingerprint density at radius 2 is 1.51 bits per heavy atom. The van der Waals surface area contributed by atoms with E-state index >= 15 is 0 Å². The number of methoxy groups -OCH3 is 1. The molecule has 2 unspecified atom stereocenters. The monoisotopic (exact) mass is 527 g/mol. The van der Waals surface area contributed by atoms with Crippen molar-refractivity contribution in [1.82, 2.24) is 0 Å². The highest BCUT2D eigenvalue weighted by molar-refractivity contribution is 5.97. The second kappa shape index (κ2) is 11.4. The zero-order valence-electron chi connectivity index (χ0n) is 22.5. The first-order valence-corrected chi connectivity index (χ1v) is 13.5. The molecule has 3 saturated heterocycles. The first-order chi connectivity index (χ1) is 18.9. The lowest BCUT2D eigenvalue weighted by Crippen LogP contribution is -2.66. The van der Waals surface area contributed by atoms with Crippen LogP contribution in [0.5, 0.6) is 0 Å². The maximum Gasteiger partial charge on any atom is 0.339 e. The van der Waals surface area contributed by atoms with Crippen molar-refractivity contribution in [2.24, 2.45) is 5.92 Å². The molecule has 0 amide bonds. The first kappa shape index (κ1) is 26.6. The lowest BCUT2D eigenvalue weighted by atomic mass is 9.82. The van der Waals surface area contributed by atoms with E-state index in [-0.39, 0.29) is 23.8 Å². The van der Waals surface area contributed by atoms with Crippen molar-refractivity contribution >= 4 is 23.4 Å². The van der Waals surface area contributed by atoms with Gasteiger partial charge >= 0.3 is 11.9 Å². The van der Waals surface area contributed by atoms with E-state index in [2.05, 4.69) is 0 Å². The van der Waals surface area contributed by atoms with E-state index in [1.54, 1.807) is 30.1 Å². The fourth-order valence-electron chi connectivity index (χ4n) is 6.17. The Balaban J connectivity index is 1.38. The van der Waals surface area contributed by atoms with E-state index in [1.165, 1.54) is 7.11 Å². The summed E-state index contributed by atoms with van der Waals surface area (Å²) in [5, 5.41) is 0. The summed E-state index contributed by atoms with van der Waals surface area (Å²) in [6.45, 7) is 2.90. The smallest absolute Gasteiger partial charge is 0.339 e. The van der Waals surface area contributed by atoms with Crippen LogP contribution in [0.25, 0.3) is 0 Å². The third-order valence-electron chi connectivity index (χ3n) is 8.30. The average molecular weight is 528 g/mol. The van der Waals surface area contributed by atoms with Gasteiger partial charge in [-0.2, -0.15) is 0 Å². The number of carbonyl (C=O) groups excluding carboxylic acids is 3. The predicted molar refractivity (Wildman–Crippen MR) is 148 cm³/mol. The summed E-state index contributed by atoms with van der Waals surface area (Å²) in [5.74, 6) is -0.425. The summed E-state index contributed by atoms with van der Waals surface area (Å²) in [5.41, 5.74) is 2.46. The van der Waals surface area contributed by atoms with Crippen LogP contribution >= 0.6 is 0 Å². The number of para-hydroxylation sites is 1. The highest BCUT2D eigenvalue weighted by atomic mass is 16.5. The first-order valence-electron chi connectivity index (χ1n) is 13.5. The zero-order valence-corrected chi connectivity index (χ0v) is 22.5. The number of esters is 2. The van der Waals surface area contributed by atoms with Crippen LogP contribution in [0, 0.1) is 5.92 Å². The highest BCUT2D eigenvalue weighted by Crippen LogP contribution is 2.37. The van der Waals surface area contributed by atoms with Gasteiger partial charge in [-0.15, -0.1) is 0 Å². The molecular formula is C32H35N2O5+. The minimum absolute atomic E-state index is 0.127. The fourth-order valence-corrected chi connectivity index (χ4v) is 6.17. The van der Waals surface area contributed by atoms with Crippen molar-refractivity contribution in [2.75, 3.05) is 45.2 Å². The molecule has 3 fully saturated rings. The topological polar surface area (TPSA) is 72.9 Å². The molecule has 0 aromatic heterocycles. The quantitative estimate of drug-likeness (QED) is 0.229. The summed E-state index contributed by atoms with van der Waals surface area (Å²) < 4.78 is 11.9. The summed E-state index contributed by atoms with van der Waals surface area (Å²) in [4.78, 5) is 41.3. The van der Waals surface area contributed by atoms with Gasteiger partial charge in [0, 0.05) is 31.4 Å². The van der Waals surface area contributed by atoms with Gasteiger partial charge in [-0.3, -0.25) is 4.79 Å². The number of likely N-dealkylation sites (N-methyl/N-ethyl adjacent to an activating group) is 1. The number of ketones is 1. The number of anilines is 1. The maximum absolute atomic E-state index is 13.9. The molecular weight excluding hydrogens is 492 g/mol. The fraction of sp³-hybridized carbons (Fsp3) is 0.344. The van der Waals surface area contributed by atoms with E-state index in [4.69, 9.17) is 9.47 Å². The summed E-state index contributed by atoms with van der Waals surface area (Å²) in [7, 11) is 3.14. The number of nitrogens with zero attached hydrogens (tertiary/aromatic N) is 2. The Kier molecular flexibility index (Phi) is 7.79. The van der Waals surface area contributed by atoms with Crippen LogP contribution in [-0.4, -0.2) is 68.6 Å². The number of ether oxygens (including phenoxy) is 2. The minimum atomic E-state index is -0.758. The van der Waals surface area contributed by atoms with Crippen molar-refractivity contribution in [3.05, 3.63) is 102 Å². The number of hydrogen-bond donors (Lipinski definition) is 0. The number of fused-ring (bicyclic) bond motifs is 3. The summed E-state index contributed by atoms with van der Waals surface area (Å²) in [6.07, 6.45) is 1.59. The normalized spacial score (nSPS) is 22.5. The van der Waals surface area contributed by atoms with Crippen LogP contribution < -0.4 is 4.90 Å². The van der Waals surface area contributed by atoms with Crippen LogP contribution in [0.1, 0.15) is 45.2 Å². The van der Waals surface area contributed by atoms with Gasteiger partial charge < -0.3 is 18.9 Å². The van der Waals surface area contributed by atoms with E-state index in [0.717, 1.165) is 37.1 Å². The number of hydrogen-bond acceptors (Lipinski definition) is 6. The molecule has 39 heavy (non-hydrogen) atoms. The Labute approximate surface area is 229 Å². The summed E-state index contributed by atoms with van der Waals surface area (Å²) >= 11 is 0. The molecule has 3 heterocycles. The lowest BCUT2D eigenvalue weighted by molar-refractivity contribution is -0.938. The van der Waals surface area contributed by atoms with Gasteiger partial charge in [0.05, 0.1) is 31.5 Å². The van der Waals surface area contributed by atoms with Crippen molar-refractivity contribution in [3.8, 4) is 0 Å². The standard InChI is InChI=1S/C32H35N2O5/c1-33(27-16-10-9-15-26(27)31(36)38-2)30(25-13-7-4-8-14-25)32(37)39-29-22-34(19-17-24(29)18-20-34)21-28(35)23-11-5-3-6-12-23/h3-16,24,29-30H,17-22H2,1-2H3/q+1. The molecule has 0 N–H and O–H groups in total. The molecule has 0 saturated carbocycles. The van der Waals surface area contributed by atoms with Crippen LogP contribution in [0.3, 0.4) is 0 Å². The summed E-state index contributed by atoms with van der Waals surface area (Å²) in [6, 6.07) is 25.2. The Hall–Kier alpha value is -3.97. The number of Topliss-reactive ketones (excluding diaryl/α,β-unsaturated/α-hetero) is 1. The third-order valence-corrected chi connectivity index (χ3v) is 8.30. The maximum atomic E-state index is 13.9. The van der Waals surface area contributed by atoms with Gasteiger partial charge in [0.2, 0.25) is 5.78 Å². The van der Waals surface area contributed by atoms with E-state index in [1.807, 2.05) is 66.7 Å². The van der Waals surface area contributed by atoms with Gasteiger partial charge in [-0.25, -0.2) is 9.59 Å². The molecule has 0 aliphatic carbocycles. The van der Waals surface area contributed by atoms with Gasteiger partial charge in [0.25, 0.3) is 0 Å². The van der Waals surface area contributed by atoms with Crippen molar-refractivity contribution in [1.29, 1.82) is 0 Å². The molecule has 0 spiro atoms. The Bertz CT molecular complexity index is 1320. The van der Waals surface area contributed by atoms with Crippen LogP contribution in [0.4, 0.5) is 5.69 Å². The zero-order chi connectivity index (χ0) is 27.4. The third kappa shape index (κ3) is 5.59. The van der Waals surface area contributed by atoms with Gasteiger partial charge in [0.15, 0.2) is 12.1 Å². The van der Waals surface area contributed by atoms with E-state index < -0.39 is 12.0 Å². The largest absolute Gasteiger partial charge is 0.465 e. The number of benzene rings is 3. The molecule has 3 aromatic carbocycles. The van der Waals surface area contributed by atoms with Crippen molar-refractivity contribution < 1.29 is 28.3 Å². The van der Waals surface area contributed by atoms with Crippen LogP contribution in [0.15, 0.2) is 84.9 Å². The van der Waals surface area contributed by atoms with Crippen molar-refractivity contribution in [2.45, 2.75) is 25.0 Å². The molecule has 6 rings (SSSR count). The van der Waals surface area contributed by atoms with Crippen LogP contribution in [-0.2, 0) is 14.3 Å². The highest BCUT2D eigenvalue weighted by Gasteiger charge is 2.49. The Morgan fingerprint density at radius 3 is 2.18 bits per heavy atom. The van der Waals surface area contributed by atoms with Gasteiger partial charge in [-0.1, -0.05) is 72.8 Å². The second-order valence-corrected chi connectivity index (χ2v) is 10.7. The molecule has 0 radical (unpaired) electrons. The number of carbonyl (C=O) groups is 3. The predicted octanol–water partition coefficient (Wildman–Crippen LogP) is 4.69. The van der Waals surface area contributed by atoms with Gasteiger partial charge in [0.1, 0.15) is 13.1 Å². The number of rotatable bonds is 9. The number of quaternary nitrogens is 1. The molecule has 3 aliphatic heterocycles. The molecule has 7 heteroatoms. The second-order valence-electron chi connectivity index (χ2n) is 10.7. The SMILES string of the molecule is COC(=O)c1ccccc1N(C)C(C(=O)OC1C[N+]2(CC(=O)c3ccccc3)CCC1CC2)c1ccccc1. The molecule has 7 nitrogen and oxygen atoms in total. The van der Waals surface area contributed by atoms with E-state index in [0.29, 0.717) is 28.8 Å². The molecule has 2 atom stereocenters. The molecule has 202 valence electrons. The molecule has 3 aromatic rings. The van der Waals surface area contributed by atoms with E-state index in [9.17, 15) is 14.4 Å². The van der Waals surface area contributed by atoms with Crippen molar-refractivity contribution in [3.63, 3.8) is 0 Å². The molecule has 3 aliphatic rings. The lowest BCUT2D eigenvalue weighted by Gasteiger charge is -2.51. The van der Waals surface area contributed by atoms with Gasteiger partial charge in [-0.05, 0) is 17.7 Å². The average Bonchev–Trinajstić information content (AvgIpc) is 2.98. The van der Waals surface area contributed by atoms with Crippen LogP contribution in [0.2, 0.25) is 0 Å². The number of piperidine rings is 3. The molecule has 2 bridgehead atoms.